The van der Waals surface area contributed by atoms with E-state index in [2.05, 4.69) is 13.8 Å². The van der Waals surface area contributed by atoms with Crippen molar-refractivity contribution in [2.24, 2.45) is 0 Å². The number of carbonyl (C=O) groups excluding carboxylic acids is 2. The second kappa shape index (κ2) is 14.1. The number of rotatable bonds is 14. The van der Waals surface area contributed by atoms with Crippen molar-refractivity contribution < 1.29 is 23.8 Å². The Morgan fingerprint density at radius 2 is 1.20 bits per heavy atom. The van der Waals surface area contributed by atoms with Crippen LogP contribution >= 0.6 is 0 Å². The second-order valence-electron chi connectivity index (χ2n) is 8.73. The van der Waals surface area contributed by atoms with Crippen LogP contribution in [-0.4, -0.2) is 11.9 Å². The smallest absolute Gasteiger partial charge is 0.311 e. The molecule has 0 radical (unpaired) electrons. The van der Waals surface area contributed by atoms with Crippen LogP contribution in [0.1, 0.15) is 78.1 Å². The van der Waals surface area contributed by atoms with Gasteiger partial charge < -0.3 is 14.2 Å². The molecule has 0 bridgehead atoms. The lowest BCUT2D eigenvalue weighted by Gasteiger charge is -2.17. The van der Waals surface area contributed by atoms with E-state index in [1.807, 2.05) is 54.6 Å². The summed E-state index contributed by atoms with van der Waals surface area (Å²) in [4.78, 5) is 25.3. The quantitative estimate of drug-likeness (QED) is 0.133. The highest BCUT2D eigenvalue weighted by atomic mass is 16.6. The zero-order valence-corrected chi connectivity index (χ0v) is 20.9. The molecule has 0 N–H and O–H groups in total. The second-order valence-corrected chi connectivity index (χ2v) is 8.73. The molecule has 3 aromatic rings. The minimum Gasteiger partial charge on any atom is -0.453 e. The summed E-state index contributed by atoms with van der Waals surface area (Å²) in [5.41, 5.74) is 0. The first-order valence-corrected chi connectivity index (χ1v) is 12.8. The van der Waals surface area contributed by atoms with Crippen LogP contribution in [0, 0.1) is 0 Å². The van der Waals surface area contributed by atoms with Crippen molar-refractivity contribution in [1.82, 2.24) is 0 Å². The van der Waals surface area contributed by atoms with Gasteiger partial charge in [0, 0.05) is 29.7 Å². The number of para-hydroxylation sites is 1. The molecule has 35 heavy (non-hydrogen) atoms. The molecule has 0 heterocycles. The molecule has 0 unspecified atom stereocenters. The molecule has 0 aliphatic rings. The molecule has 0 aliphatic heterocycles. The molecule has 5 heteroatoms. The molecule has 0 aromatic heterocycles. The van der Waals surface area contributed by atoms with Crippen molar-refractivity contribution in [1.29, 1.82) is 0 Å². The van der Waals surface area contributed by atoms with Crippen molar-refractivity contribution in [3.8, 4) is 23.0 Å². The van der Waals surface area contributed by atoms with Crippen LogP contribution in [0.3, 0.4) is 0 Å². The van der Waals surface area contributed by atoms with Crippen molar-refractivity contribution in [2.75, 3.05) is 0 Å². The number of unbranched alkanes of at least 4 members (excludes halogenated alkanes) is 6. The summed E-state index contributed by atoms with van der Waals surface area (Å²) in [7, 11) is 0. The summed E-state index contributed by atoms with van der Waals surface area (Å²) < 4.78 is 17.8. The van der Waals surface area contributed by atoms with Crippen LogP contribution in [0.25, 0.3) is 10.8 Å². The molecule has 3 rings (SSSR count). The van der Waals surface area contributed by atoms with E-state index >= 15 is 0 Å². The topological polar surface area (TPSA) is 61.8 Å². The Morgan fingerprint density at radius 1 is 0.629 bits per heavy atom. The van der Waals surface area contributed by atoms with E-state index in [0.29, 0.717) is 46.6 Å². The van der Waals surface area contributed by atoms with Gasteiger partial charge in [0.1, 0.15) is 11.5 Å². The van der Waals surface area contributed by atoms with E-state index < -0.39 is 0 Å². The number of hydrogen-bond acceptors (Lipinski definition) is 5. The minimum absolute atomic E-state index is 0.280. The highest BCUT2D eigenvalue weighted by Crippen LogP contribution is 2.43. The number of ether oxygens (including phenoxy) is 3. The zero-order chi connectivity index (χ0) is 24.9. The number of carbonyl (C=O) groups is 2. The fourth-order valence-electron chi connectivity index (χ4n) is 3.90. The van der Waals surface area contributed by atoms with E-state index in [0.717, 1.165) is 51.4 Å². The number of hydrogen-bond donors (Lipinski definition) is 0. The van der Waals surface area contributed by atoms with Gasteiger partial charge in [0.25, 0.3) is 0 Å². The van der Waals surface area contributed by atoms with Crippen molar-refractivity contribution in [3.63, 3.8) is 0 Å². The summed E-state index contributed by atoms with van der Waals surface area (Å²) in [5.74, 6) is 1.09. The van der Waals surface area contributed by atoms with E-state index in [1.165, 1.54) is 0 Å². The van der Waals surface area contributed by atoms with Gasteiger partial charge in [-0.05, 0) is 25.0 Å². The van der Waals surface area contributed by atoms with Crippen molar-refractivity contribution in [2.45, 2.75) is 78.1 Å². The molecule has 5 nitrogen and oxygen atoms in total. The van der Waals surface area contributed by atoms with E-state index in [9.17, 15) is 9.59 Å². The average Bonchev–Trinajstić information content (AvgIpc) is 2.87. The standard InChI is InChI=1S/C30H36O5/c1-3-5-7-12-20-28(31)34-26-22-27(33-23-16-10-9-11-17-23)30(25-19-15-14-18-24(25)26)35-29(32)21-13-8-6-4-2/h9-11,14-19,22H,3-8,12-13,20-21H2,1-2H3. The molecule has 0 aliphatic carbocycles. The van der Waals surface area contributed by atoms with Gasteiger partial charge in [-0.25, -0.2) is 0 Å². The minimum atomic E-state index is -0.301. The lowest BCUT2D eigenvalue weighted by atomic mass is 10.1. The van der Waals surface area contributed by atoms with Crippen LogP contribution in [0.2, 0.25) is 0 Å². The van der Waals surface area contributed by atoms with Crippen LogP contribution in [0.4, 0.5) is 0 Å². The third kappa shape index (κ3) is 8.13. The molecule has 186 valence electrons. The largest absolute Gasteiger partial charge is 0.453 e. The third-order valence-corrected chi connectivity index (χ3v) is 5.80. The zero-order valence-electron chi connectivity index (χ0n) is 20.9. The van der Waals surface area contributed by atoms with E-state index in [4.69, 9.17) is 14.2 Å². The first-order valence-electron chi connectivity index (χ1n) is 12.8. The fraction of sp³-hybridized carbons (Fsp3) is 0.400. The predicted molar refractivity (Wildman–Crippen MR) is 139 cm³/mol. The first kappa shape index (κ1) is 26.3. The third-order valence-electron chi connectivity index (χ3n) is 5.80. The SMILES string of the molecule is CCCCCCC(=O)Oc1cc(Oc2ccccc2)c(OC(=O)CCCCCC)c2ccccc12. The van der Waals surface area contributed by atoms with Crippen LogP contribution < -0.4 is 14.2 Å². The maximum Gasteiger partial charge on any atom is 0.311 e. The lowest BCUT2D eigenvalue weighted by Crippen LogP contribution is -2.11. The Hall–Kier alpha value is -3.34. The monoisotopic (exact) mass is 476 g/mol. The Bertz CT molecular complexity index is 1090. The van der Waals surface area contributed by atoms with Gasteiger partial charge in [-0.15, -0.1) is 0 Å². The van der Waals surface area contributed by atoms with Gasteiger partial charge in [0.15, 0.2) is 11.5 Å². The summed E-state index contributed by atoms with van der Waals surface area (Å²) in [6, 6.07) is 18.4. The Labute approximate surface area is 208 Å². The molecule has 0 fully saturated rings. The maximum absolute atomic E-state index is 12.7. The molecule has 0 spiro atoms. The molecule has 0 saturated heterocycles. The molecule has 0 atom stereocenters. The van der Waals surface area contributed by atoms with Gasteiger partial charge in [0.2, 0.25) is 0 Å². The van der Waals surface area contributed by atoms with E-state index in [-0.39, 0.29) is 11.9 Å². The number of esters is 2. The highest BCUT2D eigenvalue weighted by molar-refractivity contribution is 5.98. The summed E-state index contributed by atoms with van der Waals surface area (Å²) in [5, 5.41) is 1.36. The Balaban J connectivity index is 1.91. The number of benzene rings is 3. The summed E-state index contributed by atoms with van der Waals surface area (Å²) in [6.45, 7) is 4.27. The lowest BCUT2D eigenvalue weighted by molar-refractivity contribution is -0.135. The van der Waals surface area contributed by atoms with Crippen LogP contribution in [0.5, 0.6) is 23.0 Å². The first-order chi connectivity index (χ1) is 17.1. The van der Waals surface area contributed by atoms with Crippen molar-refractivity contribution in [3.05, 3.63) is 60.7 Å². The van der Waals surface area contributed by atoms with Gasteiger partial charge >= 0.3 is 11.9 Å². The molecule has 0 saturated carbocycles. The highest BCUT2D eigenvalue weighted by Gasteiger charge is 2.20. The number of fused-ring (bicyclic) bond motifs is 1. The molecular formula is C30H36O5. The maximum atomic E-state index is 12.7. The van der Waals surface area contributed by atoms with Crippen LogP contribution in [0.15, 0.2) is 60.7 Å². The fourth-order valence-corrected chi connectivity index (χ4v) is 3.90. The normalized spacial score (nSPS) is 10.8. The Kier molecular flexibility index (Phi) is 10.6. The van der Waals surface area contributed by atoms with Gasteiger partial charge in [-0.2, -0.15) is 0 Å². The van der Waals surface area contributed by atoms with E-state index in [1.54, 1.807) is 6.07 Å². The Morgan fingerprint density at radius 3 is 1.83 bits per heavy atom. The van der Waals surface area contributed by atoms with Gasteiger partial charge in [-0.3, -0.25) is 9.59 Å². The van der Waals surface area contributed by atoms with Gasteiger partial charge in [0.05, 0.1) is 0 Å². The molecule has 0 amide bonds. The summed E-state index contributed by atoms with van der Waals surface area (Å²) in [6.07, 6.45) is 8.69. The summed E-state index contributed by atoms with van der Waals surface area (Å²) >= 11 is 0. The van der Waals surface area contributed by atoms with Gasteiger partial charge in [-0.1, -0.05) is 94.8 Å². The van der Waals surface area contributed by atoms with Crippen LogP contribution in [-0.2, 0) is 9.59 Å². The average molecular weight is 477 g/mol. The predicted octanol–water partition coefficient (Wildman–Crippen LogP) is 8.38. The van der Waals surface area contributed by atoms with Crippen molar-refractivity contribution >= 4 is 22.7 Å². The molecule has 3 aromatic carbocycles. The molecular weight excluding hydrogens is 440 g/mol.